The van der Waals surface area contributed by atoms with Crippen LogP contribution < -0.4 is 10.6 Å². The van der Waals surface area contributed by atoms with Gasteiger partial charge in [0.05, 0.1) is 6.42 Å². The van der Waals surface area contributed by atoms with Crippen LogP contribution in [0.3, 0.4) is 0 Å². The van der Waals surface area contributed by atoms with E-state index in [1.54, 1.807) is 24.3 Å². The van der Waals surface area contributed by atoms with Crippen LogP contribution in [0.25, 0.3) is 0 Å². The lowest BCUT2D eigenvalue weighted by atomic mass is 10.1. The second-order valence-corrected chi connectivity index (χ2v) is 5.17. The number of hydrogen-bond acceptors (Lipinski definition) is 4. The summed E-state index contributed by atoms with van der Waals surface area (Å²) in [6.07, 6.45) is -0.0472. The molecule has 7 heteroatoms. The minimum absolute atomic E-state index is 0.0472. The van der Waals surface area contributed by atoms with Crippen molar-refractivity contribution in [1.29, 1.82) is 0 Å². The van der Waals surface area contributed by atoms with Crippen LogP contribution in [0.1, 0.15) is 15.9 Å². The van der Waals surface area contributed by atoms with Gasteiger partial charge in [-0.25, -0.2) is 4.39 Å². The van der Waals surface area contributed by atoms with Crippen LogP contribution in [0.5, 0.6) is 0 Å². The highest BCUT2D eigenvalue weighted by Crippen LogP contribution is 2.09. The predicted molar refractivity (Wildman–Crippen MR) is 89.5 cm³/mol. The number of hydrogen-bond donors (Lipinski definition) is 2. The first-order valence-electron chi connectivity index (χ1n) is 7.50. The number of carbonyl (C=O) groups excluding carboxylic acids is 3. The second kappa shape index (κ2) is 8.58. The van der Waals surface area contributed by atoms with E-state index in [1.807, 2.05) is 0 Å². The molecule has 0 saturated heterocycles. The van der Waals surface area contributed by atoms with Crippen LogP contribution in [0.4, 0.5) is 10.1 Å². The summed E-state index contributed by atoms with van der Waals surface area (Å²) in [5.41, 5.74) is 1.54. The molecule has 0 aliphatic carbocycles. The number of amides is 2. The van der Waals surface area contributed by atoms with Crippen molar-refractivity contribution in [2.24, 2.45) is 0 Å². The third-order valence-electron chi connectivity index (χ3n) is 3.28. The van der Waals surface area contributed by atoms with Gasteiger partial charge < -0.3 is 15.4 Å². The smallest absolute Gasteiger partial charge is 0.310 e. The number of benzene rings is 2. The molecular formula is C18H17FN2O4. The monoisotopic (exact) mass is 344 g/mol. The van der Waals surface area contributed by atoms with Gasteiger partial charge in [0.15, 0.2) is 6.61 Å². The highest BCUT2D eigenvalue weighted by molar-refractivity contribution is 5.96. The third kappa shape index (κ3) is 5.72. The maximum absolute atomic E-state index is 12.8. The number of carbonyl (C=O) groups is 3. The summed E-state index contributed by atoms with van der Waals surface area (Å²) in [4.78, 5) is 34.9. The fraction of sp³-hybridized carbons (Fsp3) is 0.167. The molecule has 2 rings (SSSR count). The van der Waals surface area contributed by atoms with Gasteiger partial charge in [-0.2, -0.15) is 0 Å². The van der Waals surface area contributed by atoms with Gasteiger partial charge in [-0.3, -0.25) is 14.4 Å². The van der Waals surface area contributed by atoms with Crippen molar-refractivity contribution < 1.29 is 23.5 Å². The van der Waals surface area contributed by atoms with Gasteiger partial charge in [-0.15, -0.1) is 0 Å². The standard InChI is InChI=1S/C18H17FN2O4/c1-20-18(24)13-4-8-15(9-5-13)21-16(22)11-25-17(23)10-12-2-6-14(19)7-3-12/h2-9H,10-11H2,1H3,(H,20,24)(H,21,22). The van der Waals surface area contributed by atoms with Gasteiger partial charge >= 0.3 is 5.97 Å². The molecule has 0 fully saturated rings. The average molecular weight is 344 g/mol. The Balaban J connectivity index is 1.79. The highest BCUT2D eigenvalue weighted by Gasteiger charge is 2.10. The number of esters is 1. The number of rotatable bonds is 6. The topological polar surface area (TPSA) is 84.5 Å². The van der Waals surface area contributed by atoms with Crippen molar-refractivity contribution in [2.45, 2.75) is 6.42 Å². The summed E-state index contributed by atoms with van der Waals surface area (Å²) < 4.78 is 17.7. The molecule has 0 unspecified atom stereocenters. The number of ether oxygens (including phenoxy) is 1. The molecule has 2 amide bonds. The Morgan fingerprint density at radius 1 is 1.00 bits per heavy atom. The van der Waals surface area contributed by atoms with Crippen molar-refractivity contribution in [3.05, 3.63) is 65.5 Å². The molecule has 0 atom stereocenters. The molecule has 0 saturated carbocycles. The molecule has 2 aromatic rings. The molecule has 0 radical (unpaired) electrons. The lowest BCUT2D eigenvalue weighted by Crippen LogP contribution is -2.22. The van der Waals surface area contributed by atoms with Crippen LogP contribution in [0, 0.1) is 5.82 Å². The zero-order chi connectivity index (χ0) is 18.2. The van der Waals surface area contributed by atoms with Gasteiger partial charge in [-0.1, -0.05) is 12.1 Å². The predicted octanol–water partition coefficient (Wildman–Crippen LogP) is 1.91. The zero-order valence-corrected chi connectivity index (χ0v) is 13.5. The van der Waals surface area contributed by atoms with Crippen LogP contribution in [-0.2, 0) is 20.7 Å². The van der Waals surface area contributed by atoms with E-state index in [2.05, 4.69) is 10.6 Å². The maximum atomic E-state index is 12.8. The Hall–Kier alpha value is -3.22. The SMILES string of the molecule is CNC(=O)c1ccc(NC(=O)COC(=O)Cc2ccc(F)cc2)cc1. The van der Waals surface area contributed by atoms with E-state index in [4.69, 9.17) is 4.74 Å². The number of halogens is 1. The van der Waals surface area contributed by atoms with Gasteiger partial charge in [0.25, 0.3) is 11.8 Å². The Morgan fingerprint density at radius 2 is 1.64 bits per heavy atom. The summed E-state index contributed by atoms with van der Waals surface area (Å²) in [6.45, 7) is -0.433. The van der Waals surface area contributed by atoms with Gasteiger partial charge in [0.2, 0.25) is 0 Å². The highest BCUT2D eigenvalue weighted by atomic mass is 19.1. The molecular weight excluding hydrogens is 327 g/mol. The van der Waals surface area contributed by atoms with Crippen molar-refractivity contribution >= 4 is 23.5 Å². The van der Waals surface area contributed by atoms with E-state index in [0.29, 0.717) is 16.8 Å². The largest absolute Gasteiger partial charge is 0.455 e. The lowest BCUT2D eigenvalue weighted by molar-refractivity contribution is -0.146. The summed E-state index contributed by atoms with van der Waals surface area (Å²) in [5.74, 6) is -1.71. The molecule has 2 aromatic carbocycles. The lowest BCUT2D eigenvalue weighted by Gasteiger charge is -2.07. The quantitative estimate of drug-likeness (QED) is 0.784. The van der Waals surface area contributed by atoms with E-state index in [1.165, 1.54) is 31.3 Å². The Kier molecular flexibility index (Phi) is 6.22. The molecule has 2 N–H and O–H groups in total. The summed E-state index contributed by atoms with van der Waals surface area (Å²) in [5, 5.41) is 5.05. The molecule has 0 aliphatic rings. The molecule has 6 nitrogen and oxygen atoms in total. The number of nitrogens with one attached hydrogen (secondary N) is 2. The summed E-state index contributed by atoms with van der Waals surface area (Å²) >= 11 is 0. The van der Waals surface area contributed by atoms with Crippen molar-refractivity contribution in [2.75, 3.05) is 19.0 Å². The molecule has 0 aromatic heterocycles. The van der Waals surface area contributed by atoms with E-state index in [9.17, 15) is 18.8 Å². The second-order valence-electron chi connectivity index (χ2n) is 5.17. The first kappa shape index (κ1) is 18.1. The first-order valence-corrected chi connectivity index (χ1v) is 7.50. The normalized spacial score (nSPS) is 10.0. The molecule has 0 aliphatic heterocycles. The van der Waals surface area contributed by atoms with Gasteiger partial charge in [0.1, 0.15) is 5.82 Å². The maximum Gasteiger partial charge on any atom is 0.310 e. The minimum Gasteiger partial charge on any atom is -0.455 e. The molecule has 130 valence electrons. The molecule has 0 heterocycles. The zero-order valence-electron chi connectivity index (χ0n) is 13.5. The molecule has 0 bridgehead atoms. The third-order valence-corrected chi connectivity index (χ3v) is 3.28. The fourth-order valence-electron chi connectivity index (χ4n) is 2.01. The van der Waals surface area contributed by atoms with Crippen molar-refractivity contribution in [1.82, 2.24) is 5.32 Å². The van der Waals surface area contributed by atoms with Gasteiger partial charge in [-0.05, 0) is 42.0 Å². The molecule has 25 heavy (non-hydrogen) atoms. The Labute approximate surface area is 144 Å². The van der Waals surface area contributed by atoms with Crippen LogP contribution in [0.15, 0.2) is 48.5 Å². The molecule has 0 spiro atoms. The van der Waals surface area contributed by atoms with Crippen molar-refractivity contribution in [3.63, 3.8) is 0 Å². The summed E-state index contributed by atoms with van der Waals surface area (Å²) in [7, 11) is 1.53. The van der Waals surface area contributed by atoms with Gasteiger partial charge in [0, 0.05) is 18.3 Å². The van der Waals surface area contributed by atoms with Crippen molar-refractivity contribution in [3.8, 4) is 0 Å². The summed E-state index contributed by atoms with van der Waals surface area (Å²) in [6, 6.07) is 11.7. The van der Waals surface area contributed by atoms with E-state index >= 15 is 0 Å². The van der Waals surface area contributed by atoms with E-state index in [-0.39, 0.29) is 18.1 Å². The van der Waals surface area contributed by atoms with E-state index in [0.717, 1.165) is 0 Å². The Bertz CT molecular complexity index is 758. The number of anilines is 1. The average Bonchev–Trinajstić information content (AvgIpc) is 2.62. The van der Waals surface area contributed by atoms with Crippen LogP contribution in [-0.4, -0.2) is 31.4 Å². The van der Waals surface area contributed by atoms with Crippen LogP contribution >= 0.6 is 0 Å². The first-order chi connectivity index (χ1) is 12.0. The minimum atomic E-state index is -0.586. The van der Waals surface area contributed by atoms with Crippen LogP contribution in [0.2, 0.25) is 0 Å². The van der Waals surface area contributed by atoms with E-state index < -0.39 is 18.5 Å². The Morgan fingerprint density at radius 3 is 2.24 bits per heavy atom. The fourth-order valence-corrected chi connectivity index (χ4v) is 2.01.